The first-order chi connectivity index (χ1) is 19.2. The van der Waals surface area contributed by atoms with Crippen LogP contribution in [0.3, 0.4) is 0 Å². The molecule has 0 saturated carbocycles. The summed E-state index contributed by atoms with van der Waals surface area (Å²) < 4.78 is 10.8. The second-order valence-corrected chi connectivity index (χ2v) is 11.0. The van der Waals surface area contributed by atoms with Gasteiger partial charge in [0, 0.05) is 37.3 Å². The van der Waals surface area contributed by atoms with E-state index in [0.29, 0.717) is 26.3 Å². The summed E-state index contributed by atoms with van der Waals surface area (Å²) in [6, 6.07) is 5.38. The Bertz CT molecular complexity index is 1270. The fourth-order valence-corrected chi connectivity index (χ4v) is 5.80. The van der Waals surface area contributed by atoms with E-state index in [2.05, 4.69) is 15.2 Å². The Kier molecular flexibility index (Phi) is 7.88. The predicted molar refractivity (Wildman–Crippen MR) is 147 cm³/mol. The zero-order chi connectivity index (χ0) is 28.6. The highest BCUT2D eigenvalue weighted by atomic mass is 16.5. The number of aromatic amines is 1. The van der Waals surface area contributed by atoms with Crippen molar-refractivity contribution in [2.24, 2.45) is 0 Å². The molecular weight excluding hydrogens is 516 g/mol. The van der Waals surface area contributed by atoms with E-state index in [4.69, 9.17) is 9.47 Å². The number of esters is 1. The molecule has 0 spiro atoms. The number of aromatic nitrogens is 1. The molecule has 0 aliphatic carbocycles. The Hall–Kier alpha value is -3.80. The molecular formula is C28H38N6O6. The molecule has 5 rings (SSSR count). The highest BCUT2D eigenvalue weighted by Gasteiger charge is 2.52. The highest BCUT2D eigenvalue weighted by molar-refractivity contribution is 5.98. The molecule has 3 fully saturated rings. The van der Waals surface area contributed by atoms with Gasteiger partial charge in [-0.25, -0.2) is 4.79 Å². The number of benzene rings is 1. The lowest BCUT2D eigenvalue weighted by Crippen LogP contribution is -2.76. The van der Waals surface area contributed by atoms with Crippen LogP contribution in [0, 0.1) is 0 Å². The van der Waals surface area contributed by atoms with Crippen molar-refractivity contribution in [1.82, 2.24) is 25.0 Å². The first-order valence-electron chi connectivity index (χ1n) is 13.9. The van der Waals surface area contributed by atoms with Crippen molar-refractivity contribution in [3.05, 3.63) is 30.5 Å². The van der Waals surface area contributed by atoms with E-state index in [1.165, 1.54) is 4.90 Å². The van der Waals surface area contributed by atoms with E-state index < -0.39 is 24.2 Å². The number of carbonyl (C=O) groups is 4. The third-order valence-corrected chi connectivity index (χ3v) is 7.70. The molecule has 216 valence electrons. The molecule has 12 heteroatoms. The summed E-state index contributed by atoms with van der Waals surface area (Å²) >= 11 is 0. The maximum atomic E-state index is 14.1. The van der Waals surface area contributed by atoms with Crippen LogP contribution in [0.2, 0.25) is 0 Å². The number of piperazine rings is 1. The van der Waals surface area contributed by atoms with Crippen molar-refractivity contribution in [2.75, 3.05) is 44.3 Å². The number of urea groups is 1. The molecule has 1 aromatic carbocycles. The van der Waals surface area contributed by atoms with Crippen molar-refractivity contribution in [3.8, 4) is 0 Å². The topological polar surface area (TPSA) is 128 Å². The number of carbonyl (C=O) groups excluding carboxylic acids is 4. The fraction of sp³-hybridized carbons (Fsp3) is 0.571. The van der Waals surface area contributed by atoms with Crippen molar-refractivity contribution >= 4 is 40.4 Å². The molecule has 0 radical (unpaired) electrons. The molecule has 4 heterocycles. The number of hydrogen-bond acceptors (Lipinski definition) is 7. The molecule has 3 aliphatic heterocycles. The standard InChI is InChI=1S/C28H38N6O6/c1-17(2)32-16-23-33(21-7-5-6-19-8-9-29-25(19)21)15-20(30-28(38)31-10-12-39-13-11-31)26(36)34(23)22(27(32)37)14-24(35)40-18(3)4/h5-9,17-18,20,22-23,29H,10-16H2,1-4H3,(H,30,38)/t20-,22-,23?/m0/s1. The number of hydrogen-bond donors (Lipinski definition) is 2. The lowest BCUT2D eigenvalue weighted by molar-refractivity contribution is -0.166. The zero-order valence-corrected chi connectivity index (χ0v) is 23.5. The van der Waals surface area contributed by atoms with Gasteiger partial charge >= 0.3 is 12.0 Å². The number of rotatable bonds is 6. The van der Waals surface area contributed by atoms with Gasteiger partial charge in [0.2, 0.25) is 11.8 Å². The SMILES string of the molecule is CC(C)OC(=O)C[C@H]1C(=O)N(C(C)C)CC2N(c3cccc4cc[nH]c34)C[C@H](NC(=O)N3CCOCC3)C(=O)N21. The molecule has 1 unspecified atom stereocenters. The van der Waals surface area contributed by atoms with E-state index in [1.807, 2.05) is 44.3 Å². The summed E-state index contributed by atoms with van der Waals surface area (Å²) in [5.41, 5.74) is 1.73. The first-order valence-corrected chi connectivity index (χ1v) is 13.9. The fourth-order valence-electron chi connectivity index (χ4n) is 5.80. The normalized spacial score (nSPS) is 23.7. The number of para-hydroxylation sites is 1. The maximum Gasteiger partial charge on any atom is 0.318 e. The second kappa shape index (κ2) is 11.4. The molecule has 2 aromatic rings. The van der Waals surface area contributed by atoms with Crippen LogP contribution in [-0.4, -0.2) is 113 Å². The van der Waals surface area contributed by atoms with E-state index in [1.54, 1.807) is 23.6 Å². The van der Waals surface area contributed by atoms with Crippen LogP contribution in [-0.2, 0) is 23.9 Å². The lowest BCUT2D eigenvalue weighted by atomic mass is 9.97. The number of morpholine rings is 1. The van der Waals surface area contributed by atoms with Crippen molar-refractivity contribution in [3.63, 3.8) is 0 Å². The molecule has 3 aliphatic rings. The lowest BCUT2D eigenvalue weighted by Gasteiger charge is -2.55. The number of fused-ring (bicyclic) bond motifs is 2. The van der Waals surface area contributed by atoms with Crippen LogP contribution >= 0.6 is 0 Å². The molecule has 3 atom stereocenters. The van der Waals surface area contributed by atoms with E-state index in [9.17, 15) is 19.2 Å². The van der Waals surface area contributed by atoms with Gasteiger partial charge in [0.15, 0.2) is 0 Å². The van der Waals surface area contributed by atoms with E-state index in [-0.39, 0.29) is 49.5 Å². The summed E-state index contributed by atoms with van der Waals surface area (Å²) in [6.07, 6.45) is 0.680. The summed E-state index contributed by atoms with van der Waals surface area (Å²) in [7, 11) is 0. The quantitative estimate of drug-likeness (QED) is 0.518. The Morgan fingerprint density at radius 2 is 1.82 bits per heavy atom. The van der Waals surface area contributed by atoms with Crippen molar-refractivity contribution < 1.29 is 28.7 Å². The highest BCUT2D eigenvalue weighted by Crippen LogP contribution is 2.35. The summed E-state index contributed by atoms with van der Waals surface area (Å²) in [5.74, 6) is -1.25. The van der Waals surface area contributed by atoms with Crippen LogP contribution in [0.25, 0.3) is 10.9 Å². The smallest absolute Gasteiger partial charge is 0.318 e. The third-order valence-electron chi connectivity index (χ3n) is 7.70. The number of anilines is 1. The van der Waals surface area contributed by atoms with Crippen molar-refractivity contribution in [1.29, 1.82) is 0 Å². The number of nitrogens with zero attached hydrogens (tertiary/aromatic N) is 4. The summed E-state index contributed by atoms with van der Waals surface area (Å²) in [4.78, 5) is 64.1. The van der Waals surface area contributed by atoms with E-state index >= 15 is 0 Å². The first kappa shape index (κ1) is 27.8. The molecule has 40 heavy (non-hydrogen) atoms. The van der Waals surface area contributed by atoms with Gasteiger partial charge in [-0.15, -0.1) is 0 Å². The van der Waals surface area contributed by atoms with Gasteiger partial charge in [0.1, 0.15) is 18.2 Å². The molecule has 12 nitrogen and oxygen atoms in total. The van der Waals surface area contributed by atoms with Crippen LogP contribution in [0.5, 0.6) is 0 Å². The zero-order valence-electron chi connectivity index (χ0n) is 23.5. The van der Waals surface area contributed by atoms with Gasteiger partial charge in [-0.3, -0.25) is 14.4 Å². The minimum atomic E-state index is -1.06. The monoisotopic (exact) mass is 554 g/mol. The Morgan fingerprint density at radius 1 is 1.07 bits per heavy atom. The third kappa shape index (κ3) is 5.32. The van der Waals surface area contributed by atoms with Gasteiger partial charge in [0.25, 0.3) is 0 Å². The molecule has 3 saturated heterocycles. The van der Waals surface area contributed by atoms with Crippen LogP contribution in [0.15, 0.2) is 30.5 Å². The van der Waals surface area contributed by atoms with Gasteiger partial charge in [-0.05, 0) is 39.8 Å². The van der Waals surface area contributed by atoms with Gasteiger partial charge < -0.3 is 39.4 Å². The average molecular weight is 555 g/mol. The largest absolute Gasteiger partial charge is 0.463 e. The Balaban J connectivity index is 1.55. The molecule has 4 amide bonds. The number of amides is 4. The number of nitrogens with one attached hydrogen (secondary N) is 2. The van der Waals surface area contributed by atoms with E-state index in [0.717, 1.165) is 16.6 Å². The predicted octanol–water partition coefficient (Wildman–Crippen LogP) is 1.51. The Labute approximate surface area is 233 Å². The molecule has 1 aromatic heterocycles. The molecule has 2 N–H and O–H groups in total. The van der Waals surface area contributed by atoms with Crippen LogP contribution < -0.4 is 10.2 Å². The number of H-pyrrole nitrogens is 1. The number of ether oxygens (including phenoxy) is 2. The Morgan fingerprint density at radius 3 is 2.52 bits per heavy atom. The summed E-state index contributed by atoms with van der Waals surface area (Å²) in [6.45, 7) is 9.51. The van der Waals surface area contributed by atoms with Crippen LogP contribution in [0.4, 0.5) is 10.5 Å². The maximum absolute atomic E-state index is 14.1. The second-order valence-electron chi connectivity index (χ2n) is 11.0. The minimum absolute atomic E-state index is 0.143. The summed E-state index contributed by atoms with van der Waals surface area (Å²) in [5, 5.41) is 3.91. The van der Waals surface area contributed by atoms with Crippen molar-refractivity contribution in [2.45, 2.75) is 64.5 Å². The average Bonchev–Trinajstić information content (AvgIpc) is 3.40. The minimum Gasteiger partial charge on any atom is -0.463 e. The molecule has 0 bridgehead atoms. The van der Waals surface area contributed by atoms with Gasteiger partial charge in [0.05, 0.1) is 43.5 Å². The van der Waals surface area contributed by atoms with Gasteiger partial charge in [-0.1, -0.05) is 12.1 Å². The van der Waals surface area contributed by atoms with Gasteiger partial charge in [-0.2, -0.15) is 0 Å². The van der Waals surface area contributed by atoms with Crippen LogP contribution in [0.1, 0.15) is 34.1 Å².